The summed E-state index contributed by atoms with van der Waals surface area (Å²) in [6, 6.07) is 33.3. The molecule has 7 nitrogen and oxygen atoms in total. The van der Waals surface area contributed by atoms with E-state index in [0.717, 1.165) is 42.9 Å². The van der Waals surface area contributed by atoms with Gasteiger partial charge in [0.1, 0.15) is 23.9 Å². The third kappa shape index (κ3) is 10.1. The molecule has 1 aromatic heterocycles. The molecule has 1 aliphatic rings. The standard InChI is InChI=1S/C41H39Cl2N3O4/c1-30-6-14-35(15-7-30)48-25-20-31-8-10-33(11-9-31)28-45-21-23-46(24-22-45)41(47)19-13-32-12-17-39(38(43)26-32)50-40-18-16-36(27-44-40)49-29-34-4-2-3-5-37(34)42/h2-19,26-27H,20-25,28-29H2,1H3. The van der Waals surface area contributed by atoms with E-state index in [1.165, 1.54) is 16.7 Å². The van der Waals surface area contributed by atoms with Crippen LogP contribution in [0.2, 0.25) is 10.0 Å². The minimum Gasteiger partial charge on any atom is -0.493 e. The van der Waals surface area contributed by atoms with E-state index in [-0.39, 0.29) is 5.91 Å². The normalized spacial score (nSPS) is 13.4. The molecule has 6 rings (SSSR count). The average Bonchev–Trinajstić information content (AvgIpc) is 3.14. The molecule has 4 aromatic carbocycles. The van der Waals surface area contributed by atoms with E-state index in [1.54, 1.807) is 42.6 Å². The molecule has 5 aromatic rings. The van der Waals surface area contributed by atoms with Gasteiger partial charge in [-0.05, 0) is 66.1 Å². The Morgan fingerprint density at radius 1 is 0.800 bits per heavy atom. The number of amides is 1. The fraction of sp³-hybridized carbons (Fsp3) is 0.220. The second kappa shape index (κ2) is 17.2. The van der Waals surface area contributed by atoms with Crippen molar-refractivity contribution in [1.82, 2.24) is 14.8 Å². The number of hydrogen-bond acceptors (Lipinski definition) is 6. The van der Waals surface area contributed by atoms with Crippen LogP contribution in [0.5, 0.6) is 23.1 Å². The first kappa shape index (κ1) is 35.0. The minimum atomic E-state index is -0.0145. The maximum atomic E-state index is 13.0. The van der Waals surface area contributed by atoms with Gasteiger partial charge in [0.2, 0.25) is 11.8 Å². The van der Waals surface area contributed by atoms with Gasteiger partial charge < -0.3 is 19.1 Å². The lowest BCUT2D eigenvalue weighted by atomic mass is 10.1. The summed E-state index contributed by atoms with van der Waals surface area (Å²) in [5.41, 5.74) is 5.44. The lowest BCUT2D eigenvalue weighted by Crippen LogP contribution is -2.47. The zero-order chi connectivity index (χ0) is 34.7. The van der Waals surface area contributed by atoms with Crippen LogP contribution in [0, 0.1) is 6.92 Å². The highest BCUT2D eigenvalue weighted by atomic mass is 35.5. The average molecular weight is 709 g/mol. The molecule has 0 N–H and O–H groups in total. The van der Waals surface area contributed by atoms with Gasteiger partial charge in [-0.25, -0.2) is 4.98 Å². The Labute approximate surface area is 303 Å². The zero-order valence-electron chi connectivity index (χ0n) is 27.9. The summed E-state index contributed by atoms with van der Waals surface area (Å²) in [6.07, 6.45) is 5.83. The maximum absolute atomic E-state index is 13.0. The monoisotopic (exact) mass is 707 g/mol. The molecule has 1 fully saturated rings. The van der Waals surface area contributed by atoms with Crippen molar-refractivity contribution in [3.8, 4) is 23.1 Å². The predicted molar refractivity (Wildman–Crippen MR) is 199 cm³/mol. The van der Waals surface area contributed by atoms with Crippen molar-refractivity contribution in [2.75, 3.05) is 32.8 Å². The van der Waals surface area contributed by atoms with Gasteiger partial charge in [-0.15, -0.1) is 0 Å². The number of benzene rings is 4. The Morgan fingerprint density at radius 2 is 1.54 bits per heavy atom. The number of pyridine rings is 1. The summed E-state index contributed by atoms with van der Waals surface area (Å²) in [4.78, 5) is 21.6. The summed E-state index contributed by atoms with van der Waals surface area (Å²) in [5.74, 6) is 2.33. The molecule has 0 aliphatic carbocycles. The van der Waals surface area contributed by atoms with E-state index < -0.39 is 0 Å². The molecule has 1 aliphatic heterocycles. The van der Waals surface area contributed by atoms with Gasteiger partial charge in [-0.2, -0.15) is 0 Å². The van der Waals surface area contributed by atoms with Crippen LogP contribution in [0.15, 0.2) is 115 Å². The number of halogens is 2. The van der Waals surface area contributed by atoms with E-state index in [0.29, 0.717) is 53.7 Å². The van der Waals surface area contributed by atoms with Crippen molar-refractivity contribution in [3.05, 3.63) is 153 Å². The number of nitrogens with zero attached hydrogens (tertiary/aromatic N) is 3. The SMILES string of the molecule is Cc1ccc(OCCc2ccc(CN3CCN(C(=O)C=Cc4ccc(Oc5ccc(OCc6ccccc6Cl)cn5)c(Cl)c4)CC3)cc2)cc1. The molecular weight excluding hydrogens is 669 g/mol. The molecule has 2 heterocycles. The Morgan fingerprint density at radius 3 is 2.26 bits per heavy atom. The van der Waals surface area contributed by atoms with E-state index in [1.807, 2.05) is 47.4 Å². The number of carbonyl (C=O) groups excluding carboxylic acids is 1. The van der Waals surface area contributed by atoms with Gasteiger partial charge in [0.15, 0.2) is 0 Å². The Balaban J connectivity index is 0.914. The zero-order valence-corrected chi connectivity index (χ0v) is 29.4. The third-order valence-corrected chi connectivity index (χ3v) is 9.11. The van der Waals surface area contributed by atoms with Crippen LogP contribution in [0.25, 0.3) is 6.08 Å². The quantitative estimate of drug-likeness (QED) is 0.114. The van der Waals surface area contributed by atoms with Crippen molar-refractivity contribution < 1.29 is 19.0 Å². The van der Waals surface area contributed by atoms with Gasteiger partial charge >= 0.3 is 0 Å². The largest absolute Gasteiger partial charge is 0.493 e. The Kier molecular flexibility index (Phi) is 12.1. The van der Waals surface area contributed by atoms with E-state index >= 15 is 0 Å². The Hall–Kier alpha value is -4.82. The molecule has 0 atom stereocenters. The van der Waals surface area contributed by atoms with Crippen LogP contribution in [0.3, 0.4) is 0 Å². The second-order valence-corrected chi connectivity index (χ2v) is 13.0. The molecule has 0 spiro atoms. The molecule has 1 amide bonds. The maximum Gasteiger partial charge on any atom is 0.246 e. The Bertz CT molecular complexity index is 1890. The lowest BCUT2D eigenvalue weighted by Gasteiger charge is -2.34. The molecule has 0 radical (unpaired) electrons. The van der Waals surface area contributed by atoms with Crippen molar-refractivity contribution in [2.45, 2.75) is 26.5 Å². The first-order valence-electron chi connectivity index (χ1n) is 16.6. The van der Waals surface area contributed by atoms with Crippen molar-refractivity contribution in [3.63, 3.8) is 0 Å². The molecule has 0 bridgehead atoms. The smallest absolute Gasteiger partial charge is 0.246 e. The fourth-order valence-corrected chi connectivity index (χ4v) is 5.91. The van der Waals surface area contributed by atoms with Gasteiger partial charge in [-0.3, -0.25) is 9.69 Å². The summed E-state index contributed by atoms with van der Waals surface area (Å²) in [6.45, 7) is 6.94. The van der Waals surface area contributed by atoms with E-state index in [2.05, 4.69) is 53.2 Å². The van der Waals surface area contributed by atoms with Gasteiger partial charge in [0.25, 0.3) is 0 Å². The van der Waals surface area contributed by atoms with Gasteiger partial charge in [0, 0.05) is 61.9 Å². The van der Waals surface area contributed by atoms with E-state index in [4.69, 9.17) is 37.4 Å². The number of hydrogen-bond donors (Lipinski definition) is 0. The van der Waals surface area contributed by atoms with Crippen LogP contribution in [-0.4, -0.2) is 53.5 Å². The van der Waals surface area contributed by atoms with Crippen molar-refractivity contribution in [2.24, 2.45) is 0 Å². The predicted octanol–water partition coefficient (Wildman–Crippen LogP) is 9.05. The van der Waals surface area contributed by atoms with Crippen molar-refractivity contribution in [1.29, 1.82) is 0 Å². The molecule has 9 heteroatoms. The first-order chi connectivity index (χ1) is 24.4. The number of ether oxygens (including phenoxy) is 3. The van der Waals surface area contributed by atoms with Crippen LogP contribution in [-0.2, 0) is 24.4 Å². The van der Waals surface area contributed by atoms with Crippen molar-refractivity contribution >= 4 is 35.2 Å². The topological polar surface area (TPSA) is 64.1 Å². The van der Waals surface area contributed by atoms with Gasteiger partial charge in [-0.1, -0.05) is 89.4 Å². The molecule has 0 saturated carbocycles. The molecule has 1 saturated heterocycles. The summed E-state index contributed by atoms with van der Waals surface area (Å²) >= 11 is 12.7. The number of carbonyl (C=O) groups is 1. The van der Waals surface area contributed by atoms with Gasteiger partial charge in [0.05, 0.1) is 17.8 Å². The summed E-state index contributed by atoms with van der Waals surface area (Å²) < 4.78 is 17.5. The number of aromatic nitrogens is 1. The van der Waals surface area contributed by atoms with Crippen LogP contribution >= 0.6 is 23.2 Å². The second-order valence-electron chi connectivity index (χ2n) is 12.2. The third-order valence-electron chi connectivity index (χ3n) is 8.44. The number of piperazine rings is 1. The first-order valence-corrected chi connectivity index (χ1v) is 17.4. The summed E-state index contributed by atoms with van der Waals surface area (Å²) in [7, 11) is 0. The van der Waals surface area contributed by atoms with Crippen LogP contribution in [0.1, 0.15) is 27.8 Å². The highest BCUT2D eigenvalue weighted by Crippen LogP contribution is 2.30. The fourth-order valence-electron chi connectivity index (χ4n) is 5.50. The summed E-state index contributed by atoms with van der Waals surface area (Å²) in [5, 5.41) is 1.07. The highest BCUT2D eigenvalue weighted by Gasteiger charge is 2.19. The molecular formula is C41H39Cl2N3O4. The molecule has 50 heavy (non-hydrogen) atoms. The lowest BCUT2D eigenvalue weighted by molar-refractivity contribution is -0.127. The highest BCUT2D eigenvalue weighted by molar-refractivity contribution is 6.32. The number of aryl methyl sites for hydroxylation is 1. The van der Waals surface area contributed by atoms with E-state index in [9.17, 15) is 4.79 Å². The molecule has 256 valence electrons. The molecule has 0 unspecified atom stereocenters. The minimum absolute atomic E-state index is 0.0145. The number of rotatable bonds is 13. The van der Waals surface area contributed by atoms with Crippen LogP contribution < -0.4 is 14.2 Å². The van der Waals surface area contributed by atoms with Crippen LogP contribution in [0.4, 0.5) is 0 Å².